The summed E-state index contributed by atoms with van der Waals surface area (Å²) in [5.41, 5.74) is 2.05. The Morgan fingerprint density at radius 3 is 1.65 bits per heavy atom. The molecule has 3 aromatic rings. The molecule has 1 heterocycles. The van der Waals surface area contributed by atoms with Crippen LogP contribution in [0.25, 0.3) is 22.4 Å². The van der Waals surface area contributed by atoms with Crippen molar-refractivity contribution < 1.29 is 13.2 Å². The maximum atomic E-state index is 13.5. The Morgan fingerprint density at radius 1 is 0.769 bits per heavy atom. The second-order valence-corrected chi connectivity index (χ2v) is 7.56. The highest BCUT2D eigenvalue weighted by Gasteiger charge is 2.36. The lowest BCUT2D eigenvalue weighted by molar-refractivity contribution is -0.142. The number of thioether (sulfide) groups is 2. The number of benzene rings is 2. The first-order chi connectivity index (χ1) is 12.3. The first-order valence-electron chi connectivity index (χ1n) is 7.91. The zero-order chi connectivity index (χ0) is 18.9. The summed E-state index contributed by atoms with van der Waals surface area (Å²) in [6, 6.07) is 16.5. The number of rotatable bonds is 4. The van der Waals surface area contributed by atoms with E-state index in [1.807, 2.05) is 61.0 Å². The molecule has 0 aliphatic carbocycles. The van der Waals surface area contributed by atoms with E-state index in [4.69, 9.17) is 0 Å². The molecule has 0 aliphatic rings. The molecule has 0 N–H and O–H groups in total. The number of hydrogen-bond acceptors (Lipinski definition) is 2. The summed E-state index contributed by atoms with van der Waals surface area (Å²) in [7, 11) is 1.47. The van der Waals surface area contributed by atoms with Crippen LogP contribution in [0.2, 0.25) is 0 Å². The molecule has 0 fully saturated rings. The molecule has 2 aromatic carbocycles. The first-order valence-corrected chi connectivity index (χ1v) is 10.4. The van der Waals surface area contributed by atoms with Gasteiger partial charge in [-0.15, -0.1) is 23.5 Å². The Bertz CT molecular complexity index is 895. The van der Waals surface area contributed by atoms with E-state index in [0.717, 1.165) is 20.9 Å². The lowest BCUT2D eigenvalue weighted by Crippen LogP contribution is -2.11. The normalized spacial score (nSPS) is 11.8. The van der Waals surface area contributed by atoms with E-state index in [-0.39, 0.29) is 0 Å². The highest BCUT2D eigenvalue weighted by Crippen LogP contribution is 2.41. The van der Waals surface area contributed by atoms with Crippen molar-refractivity contribution in [3.63, 3.8) is 0 Å². The van der Waals surface area contributed by atoms with Crippen LogP contribution in [-0.4, -0.2) is 17.1 Å². The monoisotopic (exact) mass is 393 g/mol. The average molecular weight is 393 g/mol. The number of hydrogen-bond donors (Lipinski definition) is 0. The van der Waals surface area contributed by atoms with Crippen LogP contribution in [0.5, 0.6) is 0 Å². The molecule has 6 heteroatoms. The van der Waals surface area contributed by atoms with E-state index in [1.165, 1.54) is 17.7 Å². The number of alkyl halides is 3. The smallest absolute Gasteiger partial charge is 0.340 e. The van der Waals surface area contributed by atoms with Crippen molar-refractivity contribution >= 4 is 23.5 Å². The molecule has 26 heavy (non-hydrogen) atoms. The van der Waals surface area contributed by atoms with Crippen LogP contribution in [0.3, 0.4) is 0 Å². The van der Waals surface area contributed by atoms with Gasteiger partial charge in [-0.05, 0) is 54.0 Å². The van der Waals surface area contributed by atoms with Crippen LogP contribution in [0.15, 0.2) is 64.4 Å². The van der Waals surface area contributed by atoms with Crippen molar-refractivity contribution in [2.24, 2.45) is 7.05 Å². The van der Waals surface area contributed by atoms with Gasteiger partial charge in [0.15, 0.2) is 0 Å². The molecule has 0 aliphatic heterocycles. The van der Waals surface area contributed by atoms with E-state index in [0.29, 0.717) is 11.3 Å². The molecule has 3 rings (SSSR count). The zero-order valence-electron chi connectivity index (χ0n) is 14.6. The van der Waals surface area contributed by atoms with E-state index in [9.17, 15) is 13.2 Å². The van der Waals surface area contributed by atoms with Gasteiger partial charge in [-0.1, -0.05) is 24.3 Å². The van der Waals surface area contributed by atoms with Crippen LogP contribution < -0.4 is 0 Å². The fourth-order valence-corrected chi connectivity index (χ4v) is 3.78. The molecule has 1 aromatic heterocycles. The Hall–Kier alpha value is -1.79. The quantitative estimate of drug-likeness (QED) is 0.448. The number of nitrogens with zero attached hydrogens (tertiary/aromatic N) is 1. The summed E-state index contributed by atoms with van der Waals surface area (Å²) >= 11 is 3.20. The fourth-order valence-electron chi connectivity index (χ4n) is 2.96. The summed E-state index contributed by atoms with van der Waals surface area (Å²) in [5, 5.41) is 0. The van der Waals surface area contributed by atoms with E-state index >= 15 is 0 Å². The van der Waals surface area contributed by atoms with Crippen molar-refractivity contribution in [2.45, 2.75) is 16.0 Å². The Morgan fingerprint density at radius 2 is 1.23 bits per heavy atom. The predicted octanol–water partition coefficient (Wildman–Crippen LogP) is 6.82. The van der Waals surface area contributed by atoms with Crippen LogP contribution >= 0.6 is 23.5 Å². The lowest BCUT2D eigenvalue weighted by atomic mass is 10.0. The van der Waals surface area contributed by atoms with Gasteiger partial charge in [0.2, 0.25) is 0 Å². The minimum atomic E-state index is -4.40. The van der Waals surface area contributed by atoms with Crippen LogP contribution in [-0.2, 0) is 13.2 Å². The van der Waals surface area contributed by atoms with E-state index < -0.39 is 11.9 Å². The molecule has 0 amide bonds. The number of halogens is 3. The third-order valence-corrected chi connectivity index (χ3v) is 5.77. The minimum Gasteiger partial charge on any atom is -0.340 e. The summed E-state index contributed by atoms with van der Waals surface area (Å²) in [5.74, 6) is 0. The average Bonchev–Trinajstić information content (AvgIpc) is 2.99. The van der Waals surface area contributed by atoms with Crippen LogP contribution in [0, 0.1) is 0 Å². The van der Waals surface area contributed by atoms with Crippen molar-refractivity contribution in [1.29, 1.82) is 0 Å². The largest absolute Gasteiger partial charge is 0.431 e. The minimum absolute atomic E-state index is 0.571. The van der Waals surface area contributed by atoms with Gasteiger partial charge >= 0.3 is 6.18 Å². The van der Waals surface area contributed by atoms with Crippen molar-refractivity contribution in [1.82, 2.24) is 4.57 Å². The topological polar surface area (TPSA) is 4.93 Å². The number of aromatic nitrogens is 1. The molecule has 1 nitrogen and oxygen atoms in total. The van der Waals surface area contributed by atoms with Crippen molar-refractivity contribution in [2.75, 3.05) is 12.5 Å². The van der Waals surface area contributed by atoms with E-state index in [1.54, 1.807) is 23.5 Å². The molecule has 0 bridgehead atoms. The van der Waals surface area contributed by atoms with Crippen LogP contribution in [0.1, 0.15) is 5.69 Å². The third-order valence-electron chi connectivity index (χ3n) is 4.29. The highest BCUT2D eigenvalue weighted by atomic mass is 32.2. The summed E-state index contributed by atoms with van der Waals surface area (Å²) < 4.78 is 41.7. The first kappa shape index (κ1) is 19.0. The van der Waals surface area contributed by atoms with Gasteiger partial charge in [-0.3, -0.25) is 0 Å². The standard InChI is InChI=1S/C20H18F3NS2/c1-24-18(20(21,22)23)12-17(13-4-8-15(25-2)9-5-13)19(24)14-6-10-16(26-3)11-7-14/h4-12H,1-3H3. The Balaban J connectivity index is 2.20. The molecule has 0 unspecified atom stereocenters. The summed E-state index contributed by atoms with van der Waals surface area (Å²) in [4.78, 5) is 2.15. The molecule has 0 atom stereocenters. The van der Waals surface area contributed by atoms with Gasteiger partial charge in [-0.2, -0.15) is 13.2 Å². The predicted molar refractivity (Wildman–Crippen MR) is 105 cm³/mol. The van der Waals surface area contributed by atoms with Gasteiger partial charge in [0, 0.05) is 22.4 Å². The summed E-state index contributed by atoms with van der Waals surface area (Å²) in [6.07, 6.45) is -0.462. The Labute approximate surface area is 159 Å². The molecular weight excluding hydrogens is 375 g/mol. The van der Waals surface area contributed by atoms with Gasteiger partial charge < -0.3 is 4.57 Å². The fraction of sp³-hybridized carbons (Fsp3) is 0.200. The lowest BCUT2D eigenvalue weighted by Gasteiger charge is -2.12. The zero-order valence-corrected chi connectivity index (χ0v) is 16.2. The van der Waals surface area contributed by atoms with Gasteiger partial charge in [0.25, 0.3) is 0 Å². The highest BCUT2D eigenvalue weighted by molar-refractivity contribution is 7.98. The van der Waals surface area contributed by atoms with E-state index in [2.05, 4.69) is 0 Å². The van der Waals surface area contributed by atoms with Gasteiger partial charge in [-0.25, -0.2) is 0 Å². The molecule has 0 spiro atoms. The third kappa shape index (κ3) is 3.67. The SMILES string of the molecule is CSc1ccc(-c2cc(C(F)(F)F)n(C)c2-c2ccc(SC)cc2)cc1. The van der Waals surface area contributed by atoms with Gasteiger partial charge in [0.05, 0.1) is 5.69 Å². The maximum Gasteiger partial charge on any atom is 0.431 e. The van der Waals surface area contributed by atoms with Crippen molar-refractivity contribution in [3.8, 4) is 22.4 Å². The second-order valence-electron chi connectivity index (χ2n) is 5.81. The maximum absolute atomic E-state index is 13.5. The molecule has 0 saturated heterocycles. The molecular formula is C20H18F3NS2. The molecule has 136 valence electrons. The molecule has 0 radical (unpaired) electrons. The van der Waals surface area contributed by atoms with Crippen LogP contribution in [0.4, 0.5) is 13.2 Å². The van der Waals surface area contributed by atoms with Gasteiger partial charge in [0.1, 0.15) is 5.69 Å². The van der Waals surface area contributed by atoms with Crippen molar-refractivity contribution in [3.05, 3.63) is 60.3 Å². The second kappa shape index (κ2) is 7.45. The summed E-state index contributed by atoms with van der Waals surface area (Å²) in [6.45, 7) is 0. The Kier molecular flexibility index (Phi) is 5.44. The molecule has 0 saturated carbocycles.